The minimum absolute atomic E-state index is 0.0358. The molecule has 0 unspecified atom stereocenters. The molecule has 0 aliphatic carbocycles. The Balaban J connectivity index is 2.36. The summed E-state index contributed by atoms with van der Waals surface area (Å²) < 4.78 is 1.73. The smallest absolute Gasteiger partial charge is 0.317 e. The molecule has 2 amide bonds. The van der Waals surface area contributed by atoms with Crippen molar-refractivity contribution in [1.82, 2.24) is 20.0 Å². The second kappa shape index (κ2) is 8.28. The maximum atomic E-state index is 12.1. The van der Waals surface area contributed by atoms with Crippen molar-refractivity contribution in [2.75, 3.05) is 13.1 Å². The van der Waals surface area contributed by atoms with E-state index in [4.69, 9.17) is 5.11 Å². The highest BCUT2D eigenvalue weighted by molar-refractivity contribution is 5.74. The number of carboxylic acids is 1. The number of carbonyl (C=O) groups is 2. The number of aliphatic carboxylic acids is 1. The van der Waals surface area contributed by atoms with Gasteiger partial charge in [0.15, 0.2) is 0 Å². The Kier molecular flexibility index (Phi) is 6.71. The molecule has 1 rings (SSSR count). The van der Waals surface area contributed by atoms with Crippen LogP contribution in [0.4, 0.5) is 4.79 Å². The van der Waals surface area contributed by atoms with E-state index < -0.39 is 5.97 Å². The molecule has 0 aliphatic rings. The lowest BCUT2D eigenvalue weighted by atomic mass is 10.2. The number of carbonyl (C=O) groups excluding carboxylic acids is 1. The predicted molar refractivity (Wildman–Crippen MR) is 79.0 cm³/mol. The van der Waals surface area contributed by atoms with E-state index in [9.17, 15) is 9.59 Å². The van der Waals surface area contributed by atoms with Crippen LogP contribution in [-0.2, 0) is 18.3 Å². The standard InChI is InChI=1S/C14H24N4O3/c1-11(2)18(9-4-5-13(19)20)14(21)15-8-6-12-7-10-17(3)16-12/h7,10-11H,4-6,8-9H2,1-3H3,(H,15,21)(H,19,20). The highest BCUT2D eigenvalue weighted by Gasteiger charge is 2.16. The molecule has 7 nitrogen and oxygen atoms in total. The Morgan fingerprint density at radius 2 is 2.19 bits per heavy atom. The van der Waals surface area contributed by atoms with Crippen molar-refractivity contribution >= 4 is 12.0 Å². The SMILES string of the molecule is CC(C)N(CCCC(=O)O)C(=O)NCCc1ccn(C)n1. The van der Waals surface area contributed by atoms with Gasteiger partial charge in [0.25, 0.3) is 0 Å². The number of rotatable bonds is 8. The molecule has 7 heteroatoms. The van der Waals surface area contributed by atoms with Gasteiger partial charge in [-0.05, 0) is 26.3 Å². The zero-order valence-electron chi connectivity index (χ0n) is 12.9. The van der Waals surface area contributed by atoms with Crippen molar-refractivity contribution in [2.45, 2.75) is 39.2 Å². The number of hydrogen-bond acceptors (Lipinski definition) is 3. The first-order valence-electron chi connectivity index (χ1n) is 7.15. The van der Waals surface area contributed by atoms with E-state index in [1.807, 2.05) is 33.2 Å². The molecule has 0 fully saturated rings. The first-order valence-corrected chi connectivity index (χ1v) is 7.15. The van der Waals surface area contributed by atoms with Crippen LogP contribution in [0.1, 0.15) is 32.4 Å². The topological polar surface area (TPSA) is 87.5 Å². The Hall–Kier alpha value is -2.05. The number of aryl methyl sites for hydroxylation is 1. The van der Waals surface area contributed by atoms with Gasteiger partial charge in [-0.1, -0.05) is 0 Å². The Morgan fingerprint density at radius 3 is 2.71 bits per heavy atom. The van der Waals surface area contributed by atoms with E-state index in [-0.39, 0.29) is 18.5 Å². The van der Waals surface area contributed by atoms with Crippen LogP contribution in [0.5, 0.6) is 0 Å². The molecule has 0 saturated carbocycles. The van der Waals surface area contributed by atoms with Crippen molar-refractivity contribution < 1.29 is 14.7 Å². The van der Waals surface area contributed by atoms with Gasteiger partial charge in [-0.2, -0.15) is 5.10 Å². The Bertz CT molecular complexity index is 471. The number of aromatic nitrogens is 2. The normalized spacial score (nSPS) is 10.7. The van der Waals surface area contributed by atoms with E-state index in [0.29, 0.717) is 25.9 Å². The fraction of sp³-hybridized carbons (Fsp3) is 0.643. The van der Waals surface area contributed by atoms with Gasteiger partial charge < -0.3 is 15.3 Å². The lowest BCUT2D eigenvalue weighted by molar-refractivity contribution is -0.137. The van der Waals surface area contributed by atoms with Crippen molar-refractivity contribution in [3.8, 4) is 0 Å². The van der Waals surface area contributed by atoms with Crippen molar-refractivity contribution in [3.63, 3.8) is 0 Å². The van der Waals surface area contributed by atoms with Crippen molar-refractivity contribution in [3.05, 3.63) is 18.0 Å². The molecule has 0 atom stereocenters. The summed E-state index contributed by atoms with van der Waals surface area (Å²) in [5.41, 5.74) is 0.930. The molecule has 21 heavy (non-hydrogen) atoms. The van der Waals surface area contributed by atoms with E-state index in [2.05, 4.69) is 10.4 Å². The van der Waals surface area contributed by atoms with Crippen LogP contribution in [-0.4, -0.2) is 50.9 Å². The van der Waals surface area contributed by atoms with Crippen molar-refractivity contribution in [2.24, 2.45) is 7.05 Å². The lowest BCUT2D eigenvalue weighted by Crippen LogP contribution is -2.45. The highest BCUT2D eigenvalue weighted by atomic mass is 16.4. The average molecular weight is 296 g/mol. The molecule has 1 aromatic heterocycles. The largest absolute Gasteiger partial charge is 0.481 e. The second-order valence-corrected chi connectivity index (χ2v) is 5.25. The number of amides is 2. The van der Waals surface area contributed by atoms with Gasteiger partial charge in [-0.25, -0.2) is 4.79 Å². The predicted octanol–water partition coefficient (Wildman–Crippen LogP) is 1.25. The van der Waals surface area contributed by atoms with Crippen LogP contribution in [0, 0.1) is 0 Å². The van der Waals surface area contributed by atoms with Gasteiger partial charge in [0.2, 0.25) is 0 Å². The zero-order valence-corrected chi connectivity index (χ0v) is 12.9. The molecule has 118 valence electrons. The third-order valence-electron chi connectivity index (χ3n) is 3.10. The molecule has 2 N–H and O–H groups in total. The summed E-state index contributed by atoms with van der Waals surface area (Å²) in [6.07, 6.45) is 3.07. The third-order valence-corrected chi connectivity index (χ3v) is 3.10. The van der Waals surface area contributed by atoms with Crippen LogP contribution >= 0.6 is 0 Å². The highest BCUT2D eigenvalue weighted by Crippen LogP contribution is 2.03. The number of hydrogen-bond donors (Lipinski definition) is 2. The first-order chi connectivity index (χ1) is 9.90. The molecule has 0 bridgehead atoms. The second-order valence-electron chi connectivity index (χ2n) is 5.25. The monoisotopic (exact) mass is 296 g/mol. The van der Waals surface area contributed by atoms with E-state index in [1.165, 1.54) is 0 Å². The average Bonchev–Trinajstić information content (AvgIpc) is 2.79. The number of urea groups is 1. The number of nitrogens with one attached hydrogen (secondary N) is 1. The minimum atomic E-state index is -0.839. The number of nitrogens with zero attached hydrogens (tertiary/aromatic N) is 3. The van der Waals surface area contributed by atoms with Gasteiger partial charge in [-0.3, -0.25) is 9.48 Å². The zero-order chi connectivity index (χ0) is 15.8. The van der Waals surface area contributed by atoms with E-state index in [1.54, 1.807) is 9.58 Å². The summed E-state index contributed by atoms with van der Waals surface area (Å²) in [4.78, 5) is 24.3. The lowest BCUT2D eigenvalue weighted by Gasteiger charge is -2.26. The molecular formula is C14H24N4O3. The molecule has 1 heterocycles. The van der Waals surface area contributed by atoms with Gasteiger partial charge in [0, 0.05) is 45.2 Å². The Morgan fingerprint density at radius 1 is 1.48 bits per heavy atom. The fourth-order valence-corrected chi connectivity index (χ4v) is 1.99. The van der Waals surface area contributed by atoms with E-state index >= 15 is 0 Å². The van der Waals surface area contributed by atoms with Crippen LogP contribution in [0.3, 0.4) is 0 Å². The molecule has 0 spiro atoms. The summed E-state index contributed by atoms with van der Waals surface area (Å²) >= 11 is 0. The fourth-order valence-electron chi connectivity index (χ4n) is 1.99. The molecule has 0 aromatic carbocycles. The molecule has 0 saturated heterocycles. The first kappa shape index (κ1) is 17.0. The van der Waals surface area contributed by atoms with Gasteiger partial charge in [0.05, 0.1) is 5.69 Å². The molecule has 0 aliphatic heterocycles. The minimum Gasteiger partial charge on any atom is -0.481 e. The summed E-state index contributed by atoms with van der Waals surface area (Å²) in [6, 6.07) is 1.79. The van der Waals surface area contributed by atoms with E-state index in [0.717, 1.165) is 5.69 Å². The number of carboxylic acid groups (broad SMARTS) is 1. The maximum Gasteiger partial charge on any atom is 0.317 e. The summed E-state index contributed by atoms with van der Waals surface area (Å²) in [6.45, 7) is 4.79. The molecule has 0 radical (unpaired) electrons. The van der Waals surface area contributed by atoms with Gasteiger partial charge in [0.1, 0.15) is 0 Å². The van der Waals surface area contributed by atoms with Crippen LogP contribution in [0.15, 0.2) is 12.3 Å². The quantitative estimate of drug-likeness (QED) is 0.755. The summed E-state index contributed by atoms with van der Waals surface area (Å²) in [7, 11) is 1.85. The summed E-state index contributed by atoms with van der Waals surface area (Å²) in [5.74, 6) is -0.839. The van der Waals surface area contributed by atoms with Crippen molar-refractivity contribution in [1.29, 1.82) is 0 Å². The van der Waals surface area contributed by atoms with Crippen LogP contribution < -0.4 is 5.32 Å². The Labute approximate surface area is 124 Å². The summed E-state index contributed by atoms with van der Waals surface area (Å²) in [5, 5.41) is 15.7. The third kappa shape index (κ3) is 6.29. The van der Waals surface area contributed by atoms with Crippen LogP contribution in [0.2, 0.25) is 0 Å². The molecular weight excluding hydrogens is 272 g/mol. The van der Waals surface area contributed by atoms with Gasteiger partial charge in [-0.15, -0.1) is 0 Å². The maximum absolute atomic E-state index is 12.1. The van der Waals surface area contributed by atoms with Crippen LogP contribution in [0.25, 0.3) is 0 Å². The van der Waals surface area contributed by atoms with Gasteiger partial charge >= 0.3 is 12.0 Å². The molecule has 1 aromatic rings.